The van der Waals surface area contributed by atoms with Crippen LogP contribution in [0.3, 0.4) is 0 Å². The Morgan fingerprint density at radius 2 is 1.86 bits per heavy atom. The number of aryl methyl sites for hydroxylation is 2. The Balaban J connectivity index is 1.86. The van der Waals surface area contributed by atoms with Crippen molar-refractivity contribution in [3.63, 3.8) is 0 Å². The van der Waals surface area contributed by atoms with Crippen LogP contribution in [0.5, 0.6) is 5.75 Å². The molecular formula is C19H20BrN3O4S. The molecule has 1 heterocycles. The molecule has 9 heteroatoms. The summed E-state index contributed by atoms with van der Waals surface area (Å²) in [6.07, 6.45) is 0. The van der Waals surface area contributed by atoms with E-state index in [-0.39, 0.29) is 17.3 Å². The van der Waals surface area contributed by atoms with Gasteiger partial charge in [-0.3, -0.25) is 0 Å². The van der Waals surface area contributed by atoms with Gasteiger partial charge in [-0.15, -0.1) is 0 Å². The quantitative estimate of drug-likeness (QED) is 0.547. The van der Waals surface area contributed by atoms with Crippen LogP contribution in [-0.2, 0) is 16.6 Å². The van der Waals surface area contributed by atoms with Gasteiger partial charge in [-0.2, -0.15) is 9.29 Å². The summed E-state index contributed by atoms with van der Waals surface area (Å²) in [5.74, 6) is 1.23. The first kappa shape index (κ1) is 20.5. The average molecular weight is 466 g/mol. The zero-order valence-electron chi connectivity index (χ0n) is 15.9. The third-order valence-corrected chi connectivity index (χ3v) is 6.85. The lowest BCUT2D eigenvalue weighted by molar-refractivity contribution is 0.336. The average Bonchev–Trinajstić information content (AvgIpc) is 3.09. The molecule has 0 amide bonds. The van der Waals surface area contributed by atoms with Crippen molar-refractivity contribution in [1.82, 2.24) is 14.4 Å². The van der Waals surface area contributed by atoms with Gasteiger partial charge in [0.2, 0.25) is 21.7 Å². The van der Waals surface area contributed by atoms with Crippen LogP contribution in [0, 0.1) is 13.8 Å². The first-order valence-electron chi connectivity index (χ1n) is 8.42. The Bertz CT molecular complexity index is 1090. The van der Waals surface area contributed by atoms with E-state index in [4.69, 9.17) is 9.26 Å². The minimum atomic E-state index is -3.74. The molecule has 0 N–H and O–H groups in total. The van der Waals surface area contributed by atoms with Crippen LogP contribution in [0.1, 0.15) is 17.0 Å². The number of hydrogen-bond donors (Lipinski definition) is 0. The Morgan fingerprint density at radius 3 is 2.46 bits per heavy atom. The lowest BCUT2D eigenvalue weighted by Gasteiger charge is -2.19. The fourth-order valence-corrected chi connectivity index (χ4v) is 4.85. The molecule has 0 spiro atoms. The molecule has 3 rings (SSSR count). The number of sulfonamides is 1. The highest BCUT2D eigenvalue weighted by Gasteiger charge is 2.27. The normalized spacial score (nSPS) is 11.8. The van der Waals surface area contributed by atoms with Gasteiger partial charge in [-0.25, -0.2) is 8.42 Å². The summed E-state index contributed by atoms with van der Waals surface area (Å²) in [4.78, 5) is 4.57. The topological polar surface area (TPSA) is 85.5 Å². The number of hydrogen-bond acceptors (Lipinski definition) is 6. The van der Waals surface area contributed by atoms with Gasteiger partial charge in [-0.05, 0) is 49.2 Å². The van der Waals surface area contributed by atoms with Crippen LogP contribution < -0.4 is 4.74 Å². The number of rotatable bonds is 6. The van der Waals surface area contributed by atoms with Crippen LogP contribution in [0.4, 0.5) is 0 Å². The molecule has 1 aromatic heterocycles. The molecule has 0 aliphatic carbocycles. The highest BCUT2D eigenvalue weighted by molar-refractivity contribution is 9.10. The molecule has 0 saturated carbocycles. The van der Waals surface area contributed by atoms with Crippen molar-refractivity contribution >= 4 is 26.0 Å². The predicted octanol–water partition coefficient (Wildman–Crippen LogP) is 3.95. The molecule has 0 aliphatic heterocycles. The van der Waals surface area contributed by atoms with Gasteiger partial charge in [0.05, 0.1) is 18.6 Å². The van der Waals surface area contributed by atoms with Crippen molar-refractivity contribution in [2.75, 3.05) is 14.2 Å². The molecule has 28 heavy (non-hydrogen) atoms. The van der Waals surface area contributed by atoms with E-state index in [1.54, 1.807) is 33.1 Å². The fraction of sp³-hybridized carbons (Fsp3) is 0.263. The lowest BCUT2D eigenvalue weighted by Crippen LogP contribution is -2.28. The summed E-state index contributed by atoms with van der Waals surface area (Å²) in [5.41, 5.74) is 2.00. The van der Waals surface area contributed by atoms with Crippen LogP contribution in [0.2, 0.25) is 0 Å². The molecule has 0 fully saturated rings. The van der Waals surface area contributed by atoms with Crippen molar-refractivity contribution in [2.45, 2.75) is 25.3 Å². The molecule has 3 aromatic rings. The van der Waals surface area contributed by atoms with Crippen molar-refractivity contribution in [2.24, 2.45) is 0 Å². The molecule has 148 valence electrons. The number of methoxy groups -OCH3 is 1. The maximum absolute atomic E-state index is 13.1. The van der Waals surface area contributed by atoms with E-state index in [1.807, 2.05) is 24.3 Å². The number of halogens is 1. The molecule has 2 aromatic carbocycles. The Morgan fingerprint density at radius 1 is 1.18 bits per heavy atom. The maximum atomic E-state index is 13.1. The Hall–Kier alpha value is -2.23. The maximum Gasteiger partial charge on any atom is 0.243 e. The van der Waals surface area contributed by atoms with Gasteiger partial charge >= 0.3 is 0 Å². The van der Waals surface area contributed by atoms with Crippen LogP contribution in [0.25, 0.3) is 11.4 Å². The smallest absolute Gasteiger partial charge is 0.243 e. The van der Waals surface area contributed by atoms with Gasteiger partial charge in [0.15, 0.2) is 0 Å². The Labute approximate surface area is 172 Å². The fourth-order valence-electron chi connectivity index (χ4n) is 2.93. The first-order chi connectivity index (χ1) is 13.2. The van der Waals surface area contributed by atoms with E-state index in [9.17, 15) is 8.42 Å². The summed E-state index contributed by atoms with van der Waals surface area (Å²) in [6, 6.07) is 10.9. The molecule has 0 aliphatic rings. The third kappa shape index (κ3) is 4.11. The van der Waals surface area contributed by atoms with Crippen LogP contribution >= 0.6 is 15.9 Å². The van der Waals surface area contributed by atoms with Crippen molar-refractivity contribution < 1.29 is 17.7 Å². The molecule has 0 unspecified atom stereocenters. The number of aromatic nitrogens is 2. The molecule has 0 radical (unpaired) electrons. The number of nitrogens with zero attached hydrogens (tertiary/aromatic N) is 3. The van der Waals surface area contributed by atoms with Crippen LogP contribution in [0.15, 0.2) is 50.3 Å². The first-order valence-corrected chi connectivity index (χ1v) is 10.7. The van der Waals surface area contributed by atoms with Crippen LogP contribution in [-0.4, -0.2) is 37.0 Å². The second kappa shape index (κ2) is 8.02. The lowest BCUT2D eigenvalue weighted by atomic mass is 10.1. The molecule has 0 bridgehead atoms. The van der Waals surface area contributed by atoms with E-state index in [0.29, 0.717) is 22.7 Å². The van der Waals surface area contributed by atoms with Gasteiger partial charge in [0, 0.05) is 17.1 Å². The van der Waals surface area contributed by atoms with Gasteiger partial charge < -0.3 is 9.26 Å². The van der Waals surface area contributed by atoms with Crippen molar-refractivity contribution in [3.8, 4) is 17.1 Å². The monoisotopic (exact) mass is 465 g/mol. The number of ether oxygens (including phenoxy) is 1. The summed E-state index contributed by atoms with van der Waals surface area (Å²) in [5, 5.41) is 3.95. The number of benzene rings is 2. The second-order valence-corrected chi connectivity index (χ2v) is 9.27. The van der Waals surface area contributed by atoms with Crippen molar-refractivity contribution in [3.05, 3.63) is 57.9 Å². The van der Waals surface area contributed by atoms with Gasteiger partial charge in [0.25, 0.3) is 0 Å². The van der Waals surface area contributed by atoms with Gasteiger partial charge in [-0.1, -0.05) is 33.2 Å². The van der Waals surface area contributed by atoms with E-state index < -0.39 is 10.0 Å². The molecular weight excluding hydrogens is 446 g/mol. The van der Waals surface area contributed by atoms with Crippen molar-refractivity contribution in [1.29, 1.82) is 0 Å². The second-order valence-electron chi connectivity index (χ2n) is 6.37. The van der Waals surface area contributed by atoms with Gasteiger partial charge in [0.1, 0.15) is 5.75 Å². The van der Waals surface area contributed by atoms with E-state index in [1.165, 1.54) is 11.4 Å². The Kier molecular flexibility index (Phi) is 5.87. The zero-order valence-corrected chi connectivity index (χ0v) is 18.3. The highest BCUT2D eigenvalue weighted by atomic mass is 79.9. The minimum Gasteiger partial charge on any atom is -0.497 e. The molecule has 0 atom stereocenters. The van der Waals surface area contributed by atoms with E-state index in [0.717, 1.165) is 10.0 Å². The largest absolute Gasteiger partial charge is 0.497 e. The highest BCUT2D eigenvalue weighted by Crippen LogP contribution is 2.28. The summed E-state index contributed by atoms with van der Waals surface area (Å²) in [7, 11) is -0.707. The zero-order chi connectivity index (χ0) is 20.5. The predicted molar refractivity (Wildman–Crippen MR) is 109 cm³/mol. The van der Waals surface area contributed by atoms with E-state index in [2.05, 4.69) is 26.1 Å². The summed E-state index contributed by atoms with van der Waals surface area (Å²) < 4.78 is 38.7. The third-order valence-electron chi connectivity index (χ3n) is 4.25. The summed E-state index contributed by atoms with van der Waals surface area (Å²) >= 11 is 3.40. The standard InChI is InChI=1S/C19H20BrN3O4S/c1-12-8-16(26-4)9-13(2)18(12)28(24,25)23(3)11-17-21-19(22-27-17)14-6-5-7-15(20)10-14/h5-10H,11H2,1-4H3. The SMILES string of the molecule is COc1cc(C)c(S(=O)(=O)N(C)Cc2nc(-c3cccc(Br)c3)no2)c(C)c1. The molecule has 7 nitrogen and oxygen atoms in total. The summed E-state index contributed by atoms with van der Waals surface area (Å²) in [6.45, 7) is 3.46. The van der Waals surface area contributed by atoms with E-state index >= 15 is 0 Å². The molecule has 0 saturated heterocycles. The minimum absolute atomic E-state index is 0.0335.